The van der Waals surface area contributed by atoms with Gasteiger partial charge in [0, 0.05) is 68.8 Å². The first-order chi connectivity index (χ1) is 26.3. The van der Waals surface area contributed by atoms with Crippen LogP contribution < -0.4 is 14.0 Å². The molecule has 7 aromatic carbocycles. The summed E-state index contributed by atoms with van der Waals surface area (Å²) in [6.07, 6.45) is 2.13. The Morgan fingerprint density at radius 3 is 1.58 bits per heavy atom. The molecule has 4 heterocycles. The van der Waals surface area contributed by atoms with Gasteiger partial charge in [-0.25, -0.2) is 0 Å². The van der Waals surface area contributed by atoms with E-state index in [9.17, 15) is 0 Å². The standard InChI is InChI=1S/C48H32N3O2/c1-3-13-33(14-4-1)50-42-18-8-7-17-38(42)39-24-21-35(28-44(39)50)52-36-22-25-40-41-26-23-37(30-46(41)51(45(40)29-36)34-15-5-2-6-16-34)53-47-20-11-12-32-31-49-27-10-9-19-43(49)48(32)47/h1-30H,31H2/q+1. The number of hydrogen-bond acceptors (Lipinski definition) is 2. The number of benzene rings is 7. The molecule has 11 rings (SSSR count). The maximum Gasteiger partial charge on any atom is 0.217 e. The van der Waals surface area contributed by atoms with Crippen molar-refractivity contribution >= 4 is 43.6 Å². The zero-order chi connectivity index (χ0) is 34.9. The van der Waals surface area contributed by atoms with Crippen LogP contribution >= 0.6 is 0 Å². The molecule has 0 unspecified atom stereocenters. The van der Waals surface area contributed by atoms with Crippen LogP contribution in [0.5, 0.6) is 23.0 Å². The Morgan fingerprint density at radius 1 is 0.415 bits per heavy atom. The molecule has 0 spiro atoms. The van der Waals surface area contributed by atoms with E-state index < -0.39 is 0 Å². The van der Waals surface area contributed by atoms with Gasteiger partial charge in [-0.1, -0.05) is 66.7 Å². The van der Waals surface area contributed by atoms with Crippen LogP contribution in [0.2, 0.25) is 0 Å². The van der Waals surface area contributed by atoms with E-state index in [1.165, 1.54) is 27.5 Å². The fourth-order valence-corrected chi connectivity index (χ4v) is 8.20. The summed E-state index contributed by atoms with van der Waals surface area (Å²) in [5, 5.41) is 4.71. The van der Waals surface area contributed by atoms with E-state index in [1.54, 1.807) is 0 Å². The minimum atomic E-state index is 0.770. The number of para-hydroxylation sites is 3. The highest BCUT2D eigenvalue weighted by Crippen LogP contribution is 2.41. The second-order valence-electron chi connectivity index (χ2n) is 13.6. The SMILES string of the molecule is c1ccc(-n2c3ccccc3c3ccc(Oc4ccc5c6ccc(Oc7cccc8c7-c7cccc[n+]7C8)cc6n(-c6ccccc6)c5c4)cc32)cc1. The summed E-state index contributed by atoms with van der Waals surface area (Å²) < 4.78 is 20.3. The van der Waals surface area contributed by atoms with E-state index in [-0.39, 0.29) is 0 Å². The number of ether oxygens (including phenoxy) is 2. The summed E-state index contributed by atoms with van der Waals surface area (Å²) in [4.78, 5) is 0. The van der Waals surface area contributed by atoms with Gasteiger partial charge in [0.2, 0.25) is 5.69 Å². The topological polar surface area (TPSA) is 32.2 Å². The van der Waals surface area contributed by atoms with E-state index >= 15 is 0 Å². The average Bonchev–Trinajstić information content (AvgIpc) is 3.86. The Balaban J connectivity index is 1.02. The van der Waals surface area contributed by atoms with Gasteiger partial charge in [-0.05, 0) is 78.9 Å². The van der Waals surface area contributed by atoms with Crippen molar-refractivity contribution in [2.75, 3.05) is 0 Å². The van der Waals surface area contributed by atoms with Crippen molar-refractivity contribution in [2.24, 2.45) is 0 Å². The third-order valence-corrected chi connectivity index (χ3v) is 10.5. The molecule has 0 saturated heterocycles. The van der Waals surface area contributed by atoms with Gasteiger partial charge in [0.1, 0.15) is 23.0 Å². The fraction of sp³-hybridized carbons (Fsp3) is 0.0208. The van der Waals surface area contributed by atoms with Crippen molar-refractivity contribution in [3.63, 3.8) is 0 Å². The molecule has 250 valence electrons. The Morgan fingerprint density at radius 2 is 0.943 bits per heavy atom. The second-order valence-corrected chi connectivity index (χ2v) is 13.6. The van der Waals surface area contributed by atoms with E-state index in [1.807, 2.05) is 0 Å². The van der Waals surface area contributed by atoms with Crippen molar-refractivity contribution in [3.8, 4) is 45.6 Å². The molecule has 5 nitrogen and oxygen atoms in total. The zero-order valence-electron chi connectivity index (χ0n) is 28.7. The van der Waals surface area contributed by atoms with Crippen LogP contribution in [0.1, 0.15) is 5.56 Å². The van der Waals surface area contributed by atoms with Gasteiger partial charge in [0.05, 0.1) is 27.6 Å². The van der Waals surface area contributed by atoms with Gasteiger partial charge in [-0.3, -0.25) is 0 Å². The molecule has 53 heavy (non-hydrogen) atoms. The zero-order valence-corrected chi connectivity index (χ0v) is 28.7. The molecule has 0 amide bonds. The monoisotopic (exact) mass is 682 g/mol. The summed E-state index contributed by atoms with van der Waals surface area (Å²) in [5.74, 6) is 3.20. The van der Waals surface area contributed by atoms with Gasteiger partial charge in [-0.2, -0.15) is 4.57 Å². The highest BCUT2D eigenvalue weighted by atomic mass is 16.5. The lowest BCUT2D eigenvalue weighted by Crippen LogP contribution is -2.31. The molecule has 0 saturated carbocycles. The Bertz CT molecular complexity index is 3030. The lowest BCUT2D eigenvalue weighted by Gasteiger charge is -2.12. The van der Waals surface area contributed by atoms with Gasteiger partial charge >= 0.3 is 0 Å². The fourth-order valence-electron chi connectivity index (χ4n) is 8.20. The average molecular weight is 683 g/mol. The Kier molecular flexibility index (Phi) is 6.55. The van der Waals surface area contributed by atoms with E-state index in [0.29, 0.717) is 0 Å². The minimum absolute atomic E-state index is 0.770. The van der Waals surface area contributed by atoms with Gasteiger partial charge in [0.15, 0.2) is 12.7 Å². The Hall–Kier alpha value is -7.11. The van der Waals surface area contributed by atoms with Crippen LogP contribution in [-0.4, -0.2) is 9.13 Å². The predicted molar refractivity (Wildman–Crippen MR) is 213 cm³/mol. The molecule has 1 aliphatic rings. The summed E-state index contributed by atoms with van der Waals surface area (Å²) in [6.45, 7) is 0.846. The number of rotatable bonds is 6. The van der Waals surface area contributed by atoms with Crippen LogP contribution in [0.25, 0.3) is 66.2 Å². The molecular formula is C48H32N3O2+. The summed E-state index contributed by atoms with van der Waals surface area (Å²) in [6, 6.07) is 61.5. The summed E-state index contributed by atoms with van der Waals surface area (Å²) in [5.41, 5.74) is 10.2. The first-order valence-corrected chi connectivity index (χ1v) is 18.0. The number of pyridine rings is 1. The number of nitrogens with zero attached hydrogens (tertiary/aromatic N) is 3. The van der Waals surface area contributed by atoms with Crippen molar-refractivity contribution in [3.05, 3.63) is 188 Å². The molecular weight excluding hydrogens is 651 g/mol. The predicted octanol–water partition coefficient (Wildman–Crippen LogP) is 11.8. The van der Waals surface area contributed by atoms with E-state index in [0.717, 1.165) is 73.8 Å². The van der Waals surface area contributed by atoms with Crippen molar-refractivity contribution in [1.29, 1.82) is 0 Å². The number of aromatic nitrogens is 3. The highest BCUT2D eigenvalue weighted by Gasteiger charge is 2.29. The molecule has 0 radical (unpaired) electrons. The highest BCUT2D eigenvalue weighted by molar-refractivity contribution is 6.11. The minimum Gasteiger partial charge on any atom is -0.457 e. The van der Waals surface area contributed by atoms with Crippen molar-refractivity contribution in [1.82, 2.24) is 9.13 Å². The summed E-state index contributed by atoms with van der Waals surface area (Å²) in [7, 11) is 0. The van der Waals surface area contributed by atoms with E-state index in [2.05, 4.69) is 196 Å². The van der Waals surface area contributed by atoms with E-state index in [4.69, 9.17) is 9.47 Å². The molecule has 0 fully saturated rings. The maximum atomic E-state index is 6.72. The molecule has 0 aliphatic carbocycles. The number of fused-ring (bicyclic) bond motifs is 9. The normalized spacial score (nSPS) is 12.1. The third kappa shape index (κ3) is 4.75. The van der Waals surface area contributed by atoms with Crippen LogP contribution in [-0.2, 0) is 6.54 Å². The van der Waals surface area contributed by atoms with Crippen molar-refractivity contribution in [2.45, 2.75) is 6.54 Å². The first kappa shape index (κ1) is 29.6. The van der Waals surface area contributed by atoms with Gasteiger partial charge < -0.3 is 18.6 Å². The molecule has 10 aromatic rings. The third-order valence-electron chi connectivity index (χ3n) is 10.5. The van der Waals surface area contributed by atoms with Crippen molar-refractivity contribution < 1.29 is 14.0 Å². The van der Waals surface area contributed by atoms with Gasteiger partial charge in [0.25, 0.3) is 0 Å². The van der Waals surface area contributed by atoms with Crippen LogP contribution in [0.3, 0.4) is 0 Å². The van der Waals surface area contributed by atoms with Crippen LogP contribution in [0, 0.1) is 0 Å². The van der Waals surface area contributed by atoms with Crippen LogP contribution in [0.15, 0.2) is 182 Å². The maximum absolute atomic E-state index is 6.72. The summed E-state index contributed by atoms with van der Waals surface area (Å²) >= 11 is 0. The number of hydrogen-bond donors (Lipinski definition) is 0. The molecule has 0 atom stereocenters. The molecule has 5 heteroatoms. The molecule has 1 aliphatic heterocycles. The Labute approximate surface area is 305 Å². The largest absolute Gasteiger partial charge is 0.457 e. The quantitative estimate of drug-likeness (QED) is 0.164. The van der Waals surface area contributed by atoms with Gasteiger partial charge in [-0.15, -0.1) is 0 Å². The first-order valence-electron chi connectivity index (χ1n) is 18.0. The molecule has 0 N–H and O–H groups in total. The second kappa shape index (κ2) is 11.7. The van der Waals surface area contributed by atoms with Crippen LogP contribution in [0.4, 0.5) is 0 Å². The lowest BCUT2D eigenvalue weighted by molar-refractivity contribution is -0.672. The molecule has 3 aromatic heterocycles. The smallest absolute Gasteiger partial charge is 0.217 e. The lowest BCUT2D eigenvalue weighted by atomic mass is 10.1. The molecule has 0 bridgehead atoms.